The van der Waals surface area contributed by atoms with Gasteiger partial charge in [0.05, 0.1) is 4.90 Å². The first-order valence-electron chi connectivity index (χ1n) is 6.26. The fourth-order valence-electron chi connectivity index (χ4n) is 2.63. The van der Waals surface area contributed by atoms with Crippen LogP contribution in [0.1, 0.15) is 33.1 Å². The van der Waals surface area contributed by atoms with Crippen molar-refractivity contribution in [3.63, 3.8) is 0 Å². The minimum atomic E-state index is -3.39. The van der Waals surface area contributed by atoms with E-state index in [-0.39, 0.29) is 12.1 Å². The summed E-state index contributed by atoms with van der Waals surface area (Å²) in [5.41, 5.74) is 0. The maximum Gasteiger partial charge on any atom is 0.244 e. The molecule has 0 bridgehead atoms. The minimum absolute atomic E-state index is 0.0899. The molecule has 0 amide bonds. The first kappa shape index (κ1) is 14.0. The van der Waals surface area contributed by atoms with E-state index in [1.807, 2.05) is 19.9 Å². The van der Waals surface area contributed by atoms with E-state index in [4.69, 9.17) is 0 Å². The lowest BCUT2D eigenvalue weighted by Crippen LogP contribution is -2.39. The predicted molar refractivity (Wildman–Crippen MR) is 75.9 cm³/mol. The highest BCUT2D eigenvalue weighted by atomic mass is 79.9. The summed E-state index contributed by atoms with van der Waals surface area (Å²) in [4.78, 5) is 0.372. The molecule has 2 atom stereocenters. The number of rotatable bonds is 3. The van der Waals surface area contributed by atoms with Crippen molar-refractivity contribution in [3.8, 4) is 0 Å². The van der Waals surface area contributed by atoms with Crippen LogP contribution < -0.4 is 0 Å². The van der Waals surface area contributed by atoms with Crippen molar-refractivity contribution in [2.45, 2.75) is 50.1 Å². The van der Waals surface area contributed by atoms with Gasteiger partial charge in [-0.05, 0) is 54.2 Å². The molecule has 1 aromatic rings. The Bertz CT molecular complexity index is 530. The van der Waals surface area contributed by atoms with Crippen LogP contribution in [0.25, 0.3) is 0 Å². The smallest absolute Gasteiger partial charge is 0.207 e. The van der Waals surface area contributed by atoms with Gasteiger partial charge in [0.25, 0.3) is 0 Å². The highest BCUT2D eigenvalue weighted by molar-refractivity contribution is 9.10. The first-order valence-corrected chi connectivity index (χ1v) is 8.50. The molecule has 18 heavy (non-hydrogen) atoms. The summed E-state index contributed by atoms with van der Waals surface area (Å²) in [6.07, 6.45) is 2.78. The Balaban J connectivity index is 2.46. The van der Waals surface area contributed by atoms with Gasteiger partial charge in [0.15, 0.2) is 0 Å². The van der Waals surface area contributed by atoms with E-state index in [1.54, 1.807) is 22.5 Å². The van der Waals surface area contributed by atoms with Gasteiger partial charge >= 0.3 is 0 Å². The van der Waals surface area contributed by atoms with Crippen molar-refractivity contribution in [1.82, 2.24) is 4.31 Å². The third-order valence-electron chi connectivity index (χ3n) is 3.58. The van der Waals surface area contributed by atoms with E-state index in [1.165, 1.54) is 0 Å². The van der Waals surface area contributed by atoms with Crippen molar-refractivity contribution >= 4 is 26.0 Å². The average molecular weight is 332 g/mol. The number of hydrogen-bond acceptors (Lipinski definition) is 2. The molecule has 0 spiro atoms. The van der Waals surface area contributed by atoms with Crippen LogP contribution in [-0.2, 0) is 10.0 Å². The highest BCUT2D eigenvalue weighted by Crippen LogP contribution is 2.34. The normalized spacial score (nSPS) is 25.5. The maximum atomic E-state index is 12.7. The Morgan fingerprint density at radius 2 is 2.00 bits per heavy atom. The van der Waals surface area contributed by atoms with Crippen LogP contribution in [-0.4, -0.2) is 24.8 Å². The molecule has 3 nitrogen and oxygen atoms in total. The van der Waals surface area contributed by atoms with E-state index >= 15 is 0 Å². The van der Waals surface area contributed by atoms with Crippen molar-refractivity contribution in [1.29, 1.82) is 0 Å². The van der Waals surface area contributed by atoms with Crippen LogP contribution in [0.2, 0.25) is 0 Å². The molecule has 1 aliphatic heterocycles. The van der Waals surface area contributed by atoms with E-state index in [0.717, 1.165) is 19.3 Å². The Kier molecular flexibility index (Phi) is 4.14. The molecular formula is C13H18BrNO2S. The Labute approximate surface area is 117 Å². The molecule has 1 aromatic carbocycles. The van der Waals surface area contributed by atoms with Crippen molar-refractivity contribution in [2.24, 2.45) is 0 Å². The second-order valence-electron chi connectivity index (χ2n) is 4.75. The van der Waals surface area contributed by atoms with Gasteiger partial charge in [-0.2, -0.15) is 4.31 Å². The number of halogens is 1. The van der Waals surface area contributed by atoms with Gasteiger partial charge in [-0.15, -0.1) is 0 Å². The largest absolute Gasteiger partial charge is 0.244 e. The first-order chi connectivity index (χ1) is 8.48. The summed E-state index contributed by atoms with van der Waals surface area (Å²) in [7, 11) is -3.39. The maximum absolute atomic E-state index is 12.7. The third kappa shape index (κ3) is 2.36. The molecule has 1 aliphatic rings. The molecule has 0 N–H and O–H groups in total. The van der Waals surface area contributed by atoms with Crippen LogP contribution in [0.4, 0.5) is 0 Å². The lowest BCUT2D eigenvalue weighted by Gasteiger charge is -2.27. The third-order valence-corrected chi connectivity index (χ3v) is 6.65. The van der Waals surface area contributed by atoms with Crippen LogP contribution in [0.15, 0.2) is 33.6 Å². The molecule has 1 saturated heterocycles. The van der Waals surface area contributed by atoms with Gasteiger partial charge in [-0.25, -0.2) is 8.42 Å². The topological polar surface area (TPSA) is 37.4 Å². The molecule has 1 heterocycles. The minimum Gasteiger partial charge on any atom is -0.207 e. The Hall–Kier alpha value is -0.390. The zero-order chi connectivity index (χ0) is 13.3. The number of nitrogens with zero attached hydrogens (tertiary/aromatic N) is 1. The Morgan fingerprint density at radius 3 is 2.61 bits per heavy atom. The molecule has 0 radical (unpaired) electrons. The molecule has 0 aromatic heterocycles. The molecule has 0 aliphatic carbocycles. The fraction of sp³-hybridized carbons (Fsp3) is 0.538. The second kappa shape index (κ2) is 5.31. The standard InChI is InChI=1S/C13H18BrNO2S/c1-3-11-9-8-10(2)15(11)18(16,17)13-7-5-4-6-12(13)14/h4-7,10-11H,3,8-9H2,1-2H3. The summed E-state index contributed by atoms with van der Waals surface area (Å²) in [5, 5.41) is 0. The monoisotopic (exact) mass is 331 g/mol. The van der Waals surface area contributed by atoms with Crippen molar-refractivity contribution < 1.29 is 8.42 Å². The zero-order valence-corrected chi connectivity index (χ0v) is 13.0. The lowest BCUT2D eigenvalue weighted by molar-refractivity contribution is 0.328. The number of hydrogen-bond donors (Lipinski definition) is 0. The quantitative estimate of drug-likeness (QED) is 0.851. The molecule has 100 valence electrons. The summed E-state index contributed by atoms with van der Waals surface area (Å²) in [6, 6.07) is 7.25. The summed E-state index contributed by atoms with van der Waals surface area (Å²) >= 11 is 3.34. The number of sulfonamides is 1. The van der Waals surface area contributed by atoms with Gasteiger partial charge in [0, 0.05) is 16.6 Å². The molecule has 1 fully saturated rings. The molecule has 2 rings (SSSR count). The van der Waals surface area contributed by atoms with Gasteiger partial charge in [0.1, 0.15) is 0 Å². The molecule has 0 saturated carbocycles. The average Bonchev–Trinajstić information content (AvgIpc) is 2.71. The van der Waals surface area contributed by atoms with Crippen LogP contribution in [0.5, 0.6) is 0 Å². The fourth-order valence-corrected chi connectivity index (χ4v) is 5.55. The van der Waals surface area contributed by atoms with Crippen molar-refractivity contribution in [3.05, 3.63) is 28.7 Å². The second-order valence-corrected chi connectivity index (χ2v) is 7.42. The number of benzene rings is 1. The summed E-state index contributed by atoms with van der Waals surface area (Å²) < 4.78 is 27.8. The van der Waals surface area contributed by atoms with Gasteiger partial charge in [-0.1, -0.05) is 19.1 Å². The molecule has 2 unspecified atom stereocenters. The van der Waals surface area contributed by atoms with Crippen molar-refractivity contribution in [2.75, 3.05) is 0 Å². The van der Waals surface area contributed by atoms with E-state index < -0.39 is 10.0 Å². The summed E-state index contributed by atoms with van der Waals surface area (Å²) in [6.45, 7) is 4.04. The van der Waals surface area contributed by atoms with Crippen LogP contribution in [0, 0.1) is 0 Å². The van der Waals surface area contributed by atoms with E-state index in [0.29, 0.717) is 9.37 Å². The molecular weight excluding hydrogens is 314 g/mol. The zero-order valence-electron chi connectivity index (χ0n) is 10.6. The SMILES string of the molecule is CCC1CCC(C)N1S(=O)(=O)c1ccccc1Br. The van der Waals surface area contributed by atoms with Crippen LogP contribution in [0.3, 0.4) is 0 Å². The Morgan fingerprint density at radius 1 is 1.33 bits per heavy atom. The van der Waals surface area contributed by atoms with E-state index in [2.05, 4.69) is 15.9 Å². The summed E-state index contributed by atoms with van der Waals surface area (Å²) in [5.74, 6) is 0. The lowest BCUT2D eigenvalue weighted by atomic mass is 10.2. The van der Waals surface area contributed by atoms with Gasteiger partial charge in [-0.3, -0.25) is 0 Å². The predicted octanol–water partition coefficient (Wildman–Crippen LogP) is 3.40. The van der Waals surface area contributed by atoms with Crippen LogP contribution >= 0.6 is 15.9 Å². The van der Waals surface area contributed by atoms with Gasteiger partial charge < -0.3 is 0 Å². The molecule has 5 heteroatoms. The van der Waals surface area contributed by atoms with Gasteiger partial charge in [0.2, 0.25) is 10.0 Å². The van der Waals surface area contributed by atoms with E-state index in [9.17, 15) is 8.42 Å². The highest BCUT2D eigenvalue weighted by Gasteiger charge is 2.39.